The van der Waals surface area contributed by atoms with E-state index >= 15 is 0 Å². The number of pyridine rings is 1. The van der Waals surface area contributed by atoms with E-state index in [1.54, 1.807) is 6.07 Å². The van der Waals surface area contributed by atoms with Crippen LogP contribution in [0, 0.1) is 10.1 Å². The van der Waals surface area contributed by atoms with Gasteiger partial charge in [0.2, 0.25) is 0 Å². The van der Waals surface area contributed by atoms with Crippen LogP contribution in [-0.2, 0) is 4.74 Å². The molecule has 0 amide bonds. The van der Waals surface area contributed by atoms with Crippen molar-refractivity contribution in [3.63, 3.8) is 0 Å². The third-order valence-corrected chi connectivity index (χ3v) is 2.04. The average molecular weight is 239 g/mol. The molecule has 17 heavy (non-hydrogen) atoms. The summed E-state index contributed by atoms with van der Waals surface area (Å²) in [5.41, 5.74) is -0.00121. The van der Waals surface area contributed by atoms with E-state index in [0.717, 1.165) is 13.0 Å². The Balaban J connectivity index is 2.25. The van der Waals surface area contributed by atoms with E-state index in [4.69, 9.17) is 4.74 Å². The van der Waals surface area contributed by atoms with Crippen molar-refractivity contribution in [3.8, 4) is 0 Å². The highest BCUT2D eigenvalue weighted by Gasteiger charge is 2.04. The van der Waals surface area contributed by atoms with Gasteiger partial charge in [-0.1, -0.05) is 0 Å². The predicted molar refractivity (Wildman–Crippen MR) is 65.1 cm³/mol. The molecule has 0 aromatic carbocycles. The van der Waals surface area contributed by atoms with E-state index < -0.39 is 4.92 Å². The molecule has 0 unspecified atom stereocenters. The minimum absolute atomic E-state index is 0.00121. The fraction of sp³-hybridized carbons (Fsp3) is 0.545. The fourth-order valence-electron chi connectivity index (χ4n) is 1.21. The van der Waals surface area contributed by atoms with Crippen molar-refractivity contribution in [1.29, 1.82) is 0 Å². The maximum absolute atomic E-state index is 10.4. The Morgan fingerprint density at radius 2 is 2.29 bits per heavy atom. The number of ether oxygens (including phenoxy) is 1. The molecule has 1 aromatic rings. The Morgan fingerprint density at radius 3 is 2.82 bits per heavy atom. The molecule has 1 heterocycles. The number of nitrogens with one attached hydrogen (secondary N) is 1. The first-order valence-corrected chi connectivity index (χ1v) is 5.55. The topological polar surface area (TPSA) is 77.3 Å². The third-order valence-electron chi connectivity index (χ3n) is 2.04. The largest absolute Gasteiger partial charge is 0.379 e. The van der Waals surface area contributed by atoms with E-state index in [0.29, 0.717) is 12.4 Å². The van der Waals surface area contributed by atoms with E-state index in [-0.39, 0.29) is 11.8 Å². The molecule has 1 N–H and O–H groups in total. The maximum atomic E-state index is 10.4. The summed E-state index contributed by atoms with van der Waals surface area (Å²) in [6.07, 6.45) is 2.36. The van der Waals surface area contributed by atoms with Gasteiger partial charge in [-0.25, -0.2) is 4.98 Å². The van der Waals surface area contributed by atoms with E-state index in [1.165, 1.54) is 12.3 Å². The lowest BCUT2D eigenvalue weighted by molar-refractivity contribution is -0.385. The van der Waals surface area contributed by atoms with Crippen molar-refractivity contribution in [2.75, 3.05) is 18.5 Å². The van der Waals surface area contributed by atoms with Crippen LogP contribution in [0.4, 0.5) is 11.5 Å². The second-order valence-corrected chi connectivity index (χ2v) is 3.86. The Hall–Kier alpha value is -1.69. The molecule has 0 aliphatic heterocycles. The zero-order valence-corrected chi connectivity index (χ0v) is 10.0. The van der Waals surface area contributed by atoms with Gasteiger partial charge in [-0.15, -0.1) is 0 Å². The molecule has 0 bridgehead atoms. The molecule has 0 spiro atoms. The molecular formula is C11H17N3O3. The molecular weight excluding hydrogens is 222 g/mol. The number of aromatic nitrogens is 1. The van der Waals surface area contributed by atoms with Crippen LogP contribution in [0.2, 0.25) is 0 Å². The van der Waals surface area contributed by atoms with Gasteiger partial charge in [0.25, 0.3) is 5.69 Å². The smallest absolute Gasteiger partial charge is 0.287 e. The van der Waals surface area contributed by atoms with Gasteiger partial charge in [0.05, 0.1) is 11.0 Å². The summed E-state index contributed by atoms with van der Waals surface area (Å²) >= 11 is 0. The molecule has 94 valence electrons. The van der Waals surface area contributed by atoms with Crippen molar-refractivity contribution >= 4 is 11.5 Å². The van der Waals surface area contributed by atoms with Gasteiger partial charge in [-0.2, -0.15) is 0 Å². The van der Waals surface area contributed by atoms with Gasteiger partial charge >= 0.3 is 0 Å². The molecule has 0 fully saturated rings. The van der Waals surface area contributed by atoms with Gasteiger partial charge in [0.15, 0.2) is 0 Å². The molecule has 1 rings (SSSR count). The van der Waals surface area contributed by atoms with Crippen molar-refractivity contribution in [3.05, 3.63) is 28.4 Å². The number of hydrogen-bond acceptors (Lipinski definition) is 5. The Bertz CT molecular complexity index is 351. The van der Waals surface area contributed by atoms with Gasteiger partial charge in [0, 0.05) is 19.2 Å². The summed E-state index contributed by atoms with van der Waals surface area (Å²) in [4.78, 5) is 13.9. The normalized spacial score (nSPS) is 10.5. The molecule has 0 aliphatic rings. The lowest BCUT2D eigenvalue weighted by Crippen LogP contribution is -2.09. The quantitative estimate of drug-likeness (QED) is 0.448. The van der Waals surface area contributed by atoms with Crippen LogP contribution in [-0.4, -0.2) is 29.2 Å². The highest BCUT2D eigenvalue weighted by atomic mass is 16.6. The van der Waals surface area contributed by atoms with Gasteiger partial charge in [-0.05, 0) is 26.3 Å². The highest BCUT2D eigenvalue weighted by molar-refractivity contribution is 5.39. The molecule has 6 nitrogen and oxygen atoms in total. The zero-order chi connectivity index (χ0) is 12.7. The van der Waals surface area contributed by atoms with Crippen molar-refractivity contribution in [1.82, 2.24) is 4.98 Å². The Morgan fingerprint density at radius 1 is 1.53 bits per heavy atom. The number of hydrogen-bond donors (Lipinski definition) is 1. The third kappa shape index (κ3) is 5.26. The average Bonchev–Trinajstić information content (AvgIpc) is 2.29. The lowest BCUT2D eigenvalue weighted by Gasteiger charge is -2.08. The summed E-state index contributed by atoms with van der Waals surface area (Å²) in [6.45, 7) is 5.41. The standard InChI is InChI=1S/C11H17N3O3/c1-9(2)17-7-3-6-12-11-5-4-10(8-13-11)14(15)16/h4-5,8-9H,3,6-7H2,1-2H3,(H,12,13). The minimum atomic E-state index is -0.465. The zero-order valence-electron chi connectivity index (χ0n) is 10.0. The molecule has 1 aromatic heterocycles. The van der Waals surface area contributed by atoms with Crippen LogP contribution in [0.5, 0.6) is 0 Å². The van der Waals surface area contributed by atoms with Crippen LogP contribution < -0.4 is 5.32 Å². The fourth-order valence-corrected chi connectivity index (χ4v) is 1.21. The van der Waals surface area contributed by atoms with Crippen molar-refractivity contribution in [2.45, 2.75) is 26.4 Å². The molecule has 0 saturated carbocycles. The molecule has 0 aliphatic carbocycles. The first-order chi connectivity index (χ1) is 8.09. The second-order valence-electron chi connectivity index (χ2n) is 3.86. The van der Waals surface area contributed by atoms with Crippen LogP contribution in [0.3, 0.4) is 0 Å². The minimum Gasteiger partial charge on any atom is -0.379 e. The molecule has 0 saturated heterocycles. The first-order valence-electron chi connectivity index (χ1n) is 5.55. The monoisotopic (exact) mass is 239 g/mol. The molecule has 6 heteroatoms. The number of nitrogens with zero attached hydrogens (tertiary/aromatic N) is 2. The highest BCUT2D eigenvalue weighted by Crippen LogP contribution is 2.11. The summed E-state index contributed by atoms with van der Waals surface area (Å²) in [5, 5.41) is 13.5. The van der Waals surface area contributed by atoms with Gasteiger partial charge < -0.3 is 10.1 Å². The van der Waals surface area contributed by atoms with Crippen molar-refractivity contribution < 1.29 is 9.66 Å². The van der Waals surface area contributed by atoms with E-state index in [2.05, 4.69) is 10.3 Å². The van der Waals surface area contributed by atoms with Crippen LogP contribution in [0.1, 0.15) is 20.3 Å². The maximum Gasteiger partial charge on any atom is 0.287 e. The van der Waals surface area contributed by atoms with Crippen LogP contribution in [0.15, 0.2) is 18.3 Å². The van der Waals surface area contributed by atoms with Crippen LogP contribution in [0.25, 0.3) is 0 Å². The Labute approximate surface area is 100 Å². The van der Waals surface area contributed by atoms with Crippen molar-refractivity contribution in [2.24, 2.45) is 0 Å². The summed E-state index contributed by atoms with van der Waals surface area (Å²) in [5.74, 6) is 0.639. The number of nitro groups is 1. The Kier molecular flexibility index (Phi) is 5.35. The van der Waals surface area contributed by atoms with Crippen LogP contribution >= 0.6 is 0 Å². The summed E-state index contributed by atoms with van der Waals surface area (Å²) in [6, 6.07) is 3.03. The van der Waals surface area contributed by atoms with Gasteiger partial charge in [0.1, 0.15) is 12.0 Å². The lowest BCUT2D eigenvalue weighted by atomic mass is 10.4. The first kappa shape index (κ1) is 13.4. The predicted octanol–water partition coefficient (Wildman–Crippen LogP) is 2.22. The molecule has 0 radical (unpaired) electrons. The van der Waals surface area contributed by atoms with E-state index in [1.807, 2.05) is 13.8 Å². The second kappa shape index (κ2) is 6.80. The SMILES string of the molecule is CC(C)OCCCNc1ccc([N+](=O)[O-])cn1. The number of rotatable bonds is 7. The summed E-state index contributed by atoms with van der Waals surface area (Å²) < 4.78 is 5.38. The molecule has 0 atom stereocenters. The van der Waals surface area contributed by atoms with Gasteiger partial charge in [-0.3, -0.25) is 10.1 Å². The van der Waals surface area contributed by atoms with E-state index in [9.17, 15) is 10.1 Å². The summed E-state index contributed by atoms with van der Waals surface area (Å²) in [7, 11) is 0. The number of anilines is 1.